The van der Waals surface area contributed by atoms with E-state index < -0.39 is 4.92 Å². The summed E-state index contributed by atoms with van der Waals surface area (Å²) in [5.74, 6) is 0.469. The van der Waals surface area contributed by atoms with Crippen LogP contribution in [-0.4, -0.2) is 34.4 Å². The zero-order valence-corrected chi connectivity index (χ0v) is 26.2. The van der Waals surface area contributed by atoms with Crippen LogP contribution in [0, 0.1) is 10.1 Å². The van der Waals surface area contributed by atoms with Gasteiger partial charge < -0.3 is 14.7 Å². The molecule has 7 nitrogen and oxygen atoms in total. The highest BCUT2D eigenvalue weighted by Gasteiger charge is 2.21. The molecule has 1 amide bonds. The molecular formula is C36H50N2O5. The lowest BCUT2D eigenvalue weighted by atomic mass is 10.0. The first-order chi connectivity index (χ1) is 20.9. The van der Waals surface area contributed by atoms with Crippen molar-refractivity contribution in [2.45, 2.75) is 110 Å². The highest BCUT2D eigenvalue weighted by atomic mass is 16.6. The number of carbonyl (C=O) groups excluding carboxylic acids is 1. The standard InChI is InChI=1S/C36H50N2O5/c1-3-4-5-6-7-8-9-10-11-12-13-14-15-16-17-20-27-37(2)36(40)33-28-34(31-21-18-19-22-32(31)35(33)39)43-30-25-23-29(24-26-30)38(41)42/h18-19,21-26,28,39H,3-17,20,27H2,1-2H3. The molecule has 0 fully saturated rings. The van der Waals surface area contributed by atoms with Gasteiger partial charge in [0, 0.05) is 36.5 Å². The van der Waals surface area contributed by atoms with Gasteiger partial charge in [-0.3, -0.25) is 14.9 Å². The van der Waals surface area contributed by atoms with Gasteiger partial charge in [0.1, 0.15) is 17.2 Å². The summed E-state index contributed by atoms with van der Waals surface area (Å²) in [4.78, 5) is 25.5. The molecule has 234 valence electrons. The van der Waals surface area contributed by atoms with Crippen LogP contribution in [0.5, 0.6) is 17.2 Å². The maximum absolute atomic E-state index is 13.4. The summed E-state index contributed by atoms with van der Waals surface area (Å²) >= 11 is 0. The molecule has 0 spiro atoms. The molecule has 0 bridgehead atoms. The Labute approximate surface area is 257 Å². The Morgan fingerprint density at radius 3 is 1.77 bits per heavy atom. The predicted octanol–water partition coefficient (Wildman–Crippen LogP) is 10.6. The number of phenols is 1. The molecule has 0 aromatic heterocycles. The van der Waals surface area contributed by atoms with Crippen molar-refractivity contribution in [1.82, 2.24) is 4.90 Å². The zero-order chi connectivity index (χ0) is 30.9. The van der Waals surface area contributed by atoms with E-state index in [1.54, 1.807) is 30.1 Å². The van der Waals surface area contributed by atoms with E-state index in [1.165, 1.54) is 114 Å². The molecule has 0 aliphatic heterocycles. The highest BCUT2D eigenvalue weighted by molar-refractivity contribution is 6.05. The fourth-order valence-electron chi connectivity index (χ4n) is 5.54. The van der Waals surface area contributed by atoms with Gasteiger partial charge in [0.05, 0.1) is 10.5 Å². The molecule has 7 heteroatoms. The summed E-state index contributed by atoms with van der Waals surface area (Å²) in [6, 6.07) is 14.5. The fourth-order valence-corrected chi connectivity index (χ4v) is 5.54. The van der Waals surface area contributed by atoms with E-state index in [0.29, 0.717) is 28.8 Å². The molecule has 0 heterocycles. The molecule has 43 heavy (non-hydrogen) atoms. The average molecular weight is 591 g/mol. The number of non-ortho nitro benzene ring substituents is 1. The molecular weight excluding hydrogens is 540 g/mol. The van der Waals surface area contributed by atoms with Crippen LogP contribution < -0.4 is 4.74 Å². The Hall–Kier alpha value is -3.61. The van der Waals surface area contributed by atoms with E-state index in [0.717, 1.165) is 12.8 Å². The largest absolute Gasteiger partial charge is 0.506 e. The van der Waals surface area contributed by atoms with Crippen LogP contribution in [0.1, 0.15) is 120 Å². The van der Waals surface area contributed by atoms with Crippen molar-refractivity contribution < 1.29 is 19.6 Å². The predicted molar refractivity (Wildman–Crippen MR) is 175 cm³/mol. The number of rotatable bonds is 21. The van der Waals surface area contributed by atoms with Gasteiger partial charge in [0.25, 0.3) is 11.6 Å². The van der Waals surface area contributed by atoms with E-state index >= 15 is 0 Å². The molecule has 0 aliphatic rings. The maximum Gasteiger partial charge on any atom is 0.269 e. The van der Waals surface area contributed by atoms with Gasteiger partial charge in [-0.2, -0.15) is 0 Å². The molecule has 0 unspecified atom stereocenters. The quantitative estimate of drug-likeness (QED) is 0.0757. The zero-order valence-electron chi connectivity index (χ0n) is 26.2. The first-order valence-electron chi connectivity index (χ1n) is 16.3. The van der Waals surface area contributed by atoms with Crippen molar-refractivity contribution in [3.05, 3.63) is 70.3 Å². The third kappa shape index (κ3) is 11.2. The number of nitrogens with zero attached hydrogens (tertiary/aromatic N) is 2. The van der Waals surface area contributed by atoms with Gasteiger partial charge in [0.15, 0.2) is 0 Å². The first-order valence-corrected chi connectivity index (χ1v) is 16.3. The fraction of sp³-hybridized carbons (Fsp3) is 0.528. The number of ether oxygens (including phenoxy) is 1. The number of unbranched alkanes of at least 4 members (excludes halogenated alkanes) is 15. The first kappa shape index (κ1) is 33.9. The van der Waals surface area contributed by atoms with Gasteiger partial charge >= 0.3 is 0 Å². The molecule has 0 saturated heterocycles. The lowest BCUT2D eigenvalue weighted by molar-refractivity contribution is -0.384. The Morgan fingerprint density at radius 2 is 1.26 bits per heavy atom. The van der Waals surface area contributed by atoms with E-state index in [-0.39, 0.29) is 22.9 Å². The maximum atomic E-state index is 13.4. The summed E-state index contributed by atoms with van der Waals surface area (Å²) in [6.07, 6.45) is 20.8. The third-order valence-electron chi connectivity index (χ3n) is 8.18. The normalized spacial score (nSPS) is 11.1. The average Bonchev–Trinajstić information content (AvgIpc) is 3.02. The van der Waals surface area contributed by atoms with Crippen molar-refractivity contribution in [2.75, 3.05) is 13.6 Å². The number of nitro groups is 1. The van der Waals surface area contributed by atoms with E-state index in [9.17, 15) is 20.0 Å². The summed E-state index contributed by atoms with van der Waals surface area (Å²) < 4.78 is 6.04. The lowest BCUT2D eigenvalue weighted by Gasteiger charge is -2.20. The van der Waals surface area contributed by atoms with Crippen LogP contribution in [0.4, 0.5) is 5.69 Å². The summed E-state index contributed by atoms with van der Waals surface area (Å²) in [7, 11) is 1.76. The topological polar surface area (TPSA) is 92.9 Å². The van der Waals surface area contributed by atoms with Crippen LogP contribution in [0.2, 0.25) is 0 Å². The van der Waals surface area contributed by atoms with E-state index in [1.807, 2.05) is 12.1 Å². The minimum absolute atomic E-state index is 0.0329. The van der Waals surface area contributed by atoms with Gasteiger partial charge in [-0.05, 0) is 24.6 Å². The number of fused-ring (bicyclic) bond motifs is 1. The number of phenolic OH excluding ortho intramolecular Hbond substituents is 1. The molecule has 0 saturated carbocycles. The lowest BCUT2D eigenvalue weighted by Crippen LogP contribution is -2.27. The van der Waals surface area contributed by atoms with Crippen LogP contribution in [0.25, 0.3) is 10.8 Å². The Balaban J connectivity index is 1.40. The van der Waals surface area contributed by atoms with Crippen LogP contribution in [0.15, 0.2) is 54.6 Å². The van der Waals surface area contributed by atoms with E-state index in [2.05, 4.69) is 6.92 Å². The Bertz CT molecular complexity index is 1270. The molecule has 1 N–H and O–H groups in total. The number of hydrogen-bond acceptors (Lipinski definition) is 5. The molecule has 3 aromatic carbocycles. The van der Waals surface area contributed by atoms with Gasteiger partial charge in [-0.1, -0.05) is 128 Å². The van der Waals surface area contributed by atoms with Crippen molar-refractivity contribution in [3.63, 3.8) is 0 Å². The monoisotopic (exact) mass is 590 g/mol. The van der Waals surface area contributed by atoms with Gasteiger partial charge in [-0.25, -0.2) is 0 Å². The molecule has 0 atom stereocenters. The minimum Gasteiger partial charge on any atom is -0.506 e. The molecule has 3 rings (SSSR count). The second-order valence-corrected chi connectivity index (χ2v) is 11.7. The summed E-state index contributed by atoms with van der Waals surface area (Å²) in [6.45, 7) is 2.88. The van der Waals surface area contributed by atoms with Crippen molar-refractivity contribution >= 4 is 22.4 Å². The SMILES string of the molecule is CCCCCCCCCCCCCCCCCCN(C)C(=O)c1cc(Oc2ccc([N+](=O)[O-])cc2)c2ccccc2c1O. The summed E-state index contributed by atoms with van der Waals surface area (Å²) in [5, 5.41) is 23.1. The van der Waals surface area contributed by atoms with Crippen LogP contribution in [-0.2, 0) is 0 Å². The Kier molecular flexibility index (Phi) is 14.8. The highest BCUT2D eigenvalue weighted by Crippen LogP contribution is 2.38. The Morgan fingerprint density at radius 1 is 0.767 bits per heavy atom. The number of amides is 1. The second kappa shape index (κ2) is 18.8. The van der Waals surface area contributed by atoms with Gasteiger partial charge in [-0.15, -0.1) is 0 Å². The minimum atomic E-state index is -0.467. The van der Waals surface area contributed by atoms with Gasteiger partial charge in [0.2, 0.25) is 0 Å². The van der Waals surface area contributed by atoms with Crippen molar-refractivity contribution in [1.29, 1.82) is 0 Å². The second-order valence-electron chi connectivity index (χ2n) is 11.7. The molecule has 0 radical (unpaired) electrons. The summed E-state index contributed by atoms with van der Waals surface area (Å²) in [5.41, 5.74) is 0.143. The third-order valence-corrected chi connectivity index (χ3v) is 8.18. The number of nitro benzene ring substituents is 1. The smallest absolute Gasteiger partial charge is 0.269 e. The number of aromatic hydroxyl groups is 1. The van der Waals surface area contributed by atoms with Crippen molar-refractivity contribution in [2.24, 2.45) is 0 Å². The number of carbonyl (C=O) groups is 1. The van der Waals surface area contributed by atoms with Crippen molar-refractivity contribution in [3.8, 4) is 17.2 Å². The van der Waals surface area contributed by atoms with Crippen LogP contribution in [0.3, 0.4) is 0 Å². The number of benzene rings is 3. The van der Waals surface area contributed by atoms with E-state index in [4.69, 9.17) is 4.74 Å². The molecule has 3 aromatic rings. The molecule has 0 aliphatic carbocycles. The number of hydrogen-bond donors (Lipinski definition) is 1. The van der Waals surface area contributed by atoms with Crippen LogP contribution >= 0.6 is 0 Å².